The van der Waals surface area contributed by atoms with E-state index in [1.165, 1.54) is 16.8 Å². The van der Waals surface area contributed by atoms with E-state index in [0.717, 1.165) is 5.56 Å². The number of aromatic amines is 1. The second kappa shape index (κ2) is 7.77. The van der Waals surface area contributed by atoms with Gasteiger partial charge in [-0.25, -0.2) is 5.10 Å². The standard InChI is InChI=1S/C18H14F2N4O3S/c19-17(20)27-13-4-2-12(3-5-13)16-22-23-18(28)24(16)21-10-11-1-6-14-15(9-11)26-8-7-25-14/h1-6,9-10,17H,7-8H2,(H,23,28). The smallest absolute Gasteiger partial charge is 0.387 e. The quantitative estimate of drug-likeness (QED) is 0.516. The molecule has 0 saturated heterocycles. The van der Waals surface area contributed by atoms with Crippen LogP contribution in [-0.2, 0) is 0 Å². The Balaban J connectivity index is 1.60. The lowest BCUT2D eigenvalue weighted by molar-refractivity contribution is -0.0498. The molecule has 10 heteroatoms. The van der Waals surface area contributed by atoms with E-state index < -0.39 is 6.61 Å². The molecular weight excluding hydrogens is 390 g/mol. The molecule has 2 aromatic carbocycles. The lowest BCUT2D eigenvalue weighted by Gasteiger charge is -2.18. The average Bonchev–Trinajstić information content (AvgIpc) is 3.07. The SMILES string of the molecule is FC(F)Oc1ccc(-c2n[nH]c(=S)n2N=Cc2ccc3c(c2)OCCO3)cc1. The molecule has 2 heterocycles. The highest BCUT2D eigenvalue weighted by atomic mass is 32.1. The number of benzene rings is 2. The molecule has 28 heavy (non-hydrogen) atoms. The summed E-state index contributed by atoms with van der Waals surface area (Å²) < 4.78 is 41.7. The van der Waals surface area contributed by atoms with Crippen molar-refractivity contribution in [2.24, 2.45) is 5.10 Å². The van der Waals surface area contributed by atoms with Gasteiger partial charge in [-0.05, 0) is 60.2 Å². The van der Waals surface area contributed by atoms with Crippen molar-refractivity contribution >= 4 is 18.4 Å². The summed E-state index contributed by atoms with van der Waals surface area (Å²) in [7, 11) is 0. The van der Waals surface area contributed by atoms with E-state index in [2.05, 4.69) is 20.0 Å². The Morgan fingerprint density at radius 2 is 1.89 bits per heavy atom. The number of aromatic nitrogens is 3. The van der Waals surface area contributed by atoms with Crippen LogP contribution in [0.5, 0.6) is 17.2 Å². The number of nitrogens with one attached hydrogen (secondary N) is 1. The molecule has 0 fully saturated rings. The molecule has 0 bridgehead atoms. The number of halogens is 2. The maximum absolute atomic E-state index is 12.3. The molecule has 1 aliphatic rings. The van der Waals surface area contributed by atoms with Gasteiger partial charge in [0, 0.05) is 5.56 Å². The molecule has 7 nitrogen and oxygen atoms in total. The van der Waals surface area contributed by atoms with Crippen molar-refractivity contribution in [1.82, 2.24) is 14.9 Å². The molecule has 4 rings (SSSR count). The summed E-state index contributed by atoms with van der Waals surface area (Å²) in [6.45, 7) is -1.86. The van der Waals surface area contributed by atoms with Gasteiger partial charge in [0.15, 0.2) is 17.3 Å². The topological polar surface area (TPSA) is 73.7 Å². The molecule has 0 aliphatic carbocycles. The van der Waals surface area contributed by atoms with Crippen LogP contribution in [0, 0.1) is 4.77 Å². The maximum Gasteiger partial charge on any atom is 0.387 e. The number of hydrogen-bond acceptors (Lipinski definition) is 6. The molecule has 0 radical (unpaired) electrons. The van der Waals surface area contributed by atoms with E-state index in [9.17, 15) is 8.78 Å². The van der Waals surface area contributed by atoms with E-state index in [0.29, 0.717) is 36.1 Å². The molecule has 1 aromatic heterocycles. The Kier molecular flexibility index (Phi) is 5.02. The first-order valence-electron chi connectivity index (χ1n) is 8.27. The normalized spacial score (nSPS) is 13.2. The lowest BCUT2D eigenvalue weighted by atomic mass is 10.2. The van der Waals surface area contributed by atoms with Crippen molar-refractivity contribution in [2.75, 3.05) is 13.2 Å². The van der Waals surface area contributed by atoms with Gasteiger partial charge < -0.3 is 14.2 Å². The van der Waals surface area contributed by atoms with Gasteiger partial charge in [-0.1, -0.05) is 0 Å². The largest absolute Gasteiger partial charge is 0.486 e. The fourth-order valence-electron chi connectivity index (χ4n) is 2.64. The summed E-state index contributed by atoms with van der Waals surface area (Å²) in [5.74, 6) is 1.83. The Morgan fingerprint density at radius 3 is 2.64 bits per heavy atom. The molecule has 3 aromatic rings. The van der Waals surface area contributed by atoms with Crippen LogP contribution >= 0.6 is 12.2 Å². The van der Waals surface area contributed by atoms with Crippen molar-refractivity contribution < 1.29 is 23.0 Å². The number of fused-ring (bicyclic) bond motifs is 1. The molecule has 0 saturated carbocycles. The van der Waals surface area contributed by atoms with Crippen LogP contribution in [0.4, 0.5) is 8.78 Å². The van der Waals surface area contributed by atoms with Crippen molar-refractivity contribution in [3.8, 4) is 28.6 Å². The van der Waals surface area contributed by atoms with Crippen molar-refractivity contribution in [3.63, 3.8) is 0 Å². The van der Waals surface area contributed by atoms with Gasteiger partial charge in [-0.3, -0.25) is 0 Å². The second-order valence-electron chi connectivity index (χ2n) is 5.71. The second-order valence-corrected chi connectivity index (χ2v) is 6.10. The Hall–Kier alpha value is -3.27. The van der Waals surface area contributed by atoms with Crippen LogP contribution in [0.1, 0.15) is 5.56 Å². The predicted molar refractivity (Wildman–Crippen MR) is 99.9 cm³/mol. The van der Waals surface area contributed by atoms with Gasteiger partial charge in [0.2, 0.25) is 4.77 Å². The summed E-state index contributed by atoms with van der Waals surface area (Å²) >= 11 is 5.23. The van der Waals surface area contributed by atoms with E-state index >= 15 is 0 Å². The summed E-state index contributed by atoms with van der Waals surface area (Å²) in [4.78, 5) is 0. The zero-order chi connectivity index (χ0) is 19.5. The molecule has 0 atom stereocenters. The van der Waals surface area contributed by atoms with E-state index in [1.54, 1.807) is 18.3 Å². The summed E-state index contributed by atoms with van der Waals surface area (Å²) in [5.41, 5.74) is 1.42. The van der Waals surface area contributed by atoms with Crippen molar-refractivity contribution in [3.05, 3.63) is 52.8 Å². The zero-order valence-electron chi connectivity index (χ0n) is 14.3. The van der Waals surface area contributed by atoms with Crippen LogP contribution in [0.25, 0.3) is 11.4 Å². The Bertz CT molecular complexity index is 1060. The Labute approximate surface area is 163 Å². The monoisotopic (exact) mass is 404 g/mol. The van der Waals surface area contributed by atoms with Gasteiger partial charge in [0.05, 0.1) is 6.21 Å². The fraction of sp³-hybridized carbons (Fsp3) is 0.167. The first-order valence-corrected chi connectivity index (χ1v) is 8.67. The molecular formula is C18H14F2N4O3S. The summed E-state index contributed by atoms with van der Waals surface area (Å²) in [6, 6.07) is 11.5. The molecule has 1 aliphatic heterocycles. The van der Waals surface area contributed by atoms with E-state index in [4.69, 9.17) is 21.7 Å². The zero-order valence-corrected chi connectivity index (χ0v) is 15.2. The lowest BCUT2D eigenvalue weighted by Crippen LogP contribution is -2.15. The molecule has 0 amide bonds. The first-order chi connectivity index (χ1) is 13.6. The third-order valence-corrected chi connectivity index (χ3v) is 4.14. The predicted octanol–water partition coefficient (Wildman–Crippen LogP) is 3.86. The first kappa shape index (κ1) is 18.1. The molecule has 1 N–H and O–H groups in total. The highest BCUT2D eigenvalue weighted by molar-refractivity contribution is 7.71. The minimum Gasteiger partial charge on any atom is -0.486 e. The van der Waals surface area contributed by atoms with Crippen LogP contribution in [-0.4, -0.2) is 40.9 Å². The number of H-pyrrole nitrogens is 1. The van der Waals surface area contributed by atoms with Crippen molar-refractivity contribution in [1.29, 1.82) is 0 Å². The van der Waals surface area contributed by atoms with Crippen molar-refractivity contribution in [2.45, 2.75) is 6.61 Å². The van der Waals surface area contributed by atoms with Crippen LogP contribution in [0.2, 0.25) is 0 Å². The number of ether oxygens (including phenoxy) is 3. The number of hydrogen-bond donors (Lipinski definition) is 1. The van der Waals surface area contributed by atoms with Gasteiger partial charge in [0.25, 0.3) is 0 Å². The summed E-state index contributed by atoms with van der Waals surface area (Å²) in [5, 5.41) is 11.2. The minimum absolute atomic E-state index is 0.0548. The maximum atomic E-state index is 12.3. The van der Waals surface area contributed by atoms with Crippen LogP contribution in [0.15, 0.2) is 47.6 Å². The molecule has 0 unspecified atom stereocenters. The van der Waals surface area contributed by atoms with Crippen LogP contribution in [0.3, 0.4) is 0 Å². The number of nitrogens with zero attached hydrogens (tertiary/aromatic N) is 3. The van der Waals surface area contributed by atoms with Gasteiger partial charge in [0.1, 0.15) is 19.0 Å². The molecule has 144 valence electrons. The van der Waals surface area contributed by atoms with Gasteiger partial charge in [-0.15, -0.1) is 0 Å². The Morgan fingerprint density at radius 1 is 1.14 bits per heavy atom. The number of alkyl halides is 2. The third kappa shape index (κ3) is 3.86. The van der Waals surface area contributed by atoms with Gasteiger partial charge in [-0.2, -0.15) is 23.7 Å². The number of rotatable bonds is 5. The third-order valence-electron chi connectivity index (χ3n) is 3.88. The van der Waals surface area contributed by atoms with E-state index in [1.807, 2.05) is 18.2 Å². The highest BCUT2D eigenvalue weighted by Crippen LogP contribution is 2.30. The fourth-order valence-corrected chi connectivity index (χ4v) is 2.81. The van der Waals surface area contributed by atoms with Crippen LogP contribution < -0.4 is 14.2 Å². The van der Waals surface area contributed by atoms with Gasteiger partial charge >= 0.3 is 6.61 Å². The minimum atomic E-state index is -2.88. The molecule has 0 spiro atoms. The summed E-state index contributed by atoms with van der Waals surface area (Å²) in [6.07, 6.45) is 1.61. The van der Waals surface area contributed by atoms with E-state index in [-0.39, 0.29) is 10.5 Å². The average molecular weight is 404 g/mol. The highest BCUT2D eigenvalue weighted by Gasteiger charge is 2.12.